The van der Waals surface area contributed by atoms with Crippen LogP contribution < -0.4 is 14.2 Å². The van der Waals surface area contributed by atoms with Gasteiger partial charge in [0.25, 0.3) is 0 Å². The zero-order valence-electron chi connectivity index (χ0n) is 16.7. The Morgan fingerprint density at radius 2 is 1.83 bits per heavy atom. The molecule has 2 aromatic rings. The van der Waals surface area contributed by atoms with Crippen LogP contribution in [0.25, 0.3) is 0 Å². The second-order valence-corrected chi connectivity index (χ2v) is 9.91. The molecule has 0 amide bonds. The highest BCUT2D eigenvalue weighted by Crippen LogP contribution is 2.34. The molecule has 1 aliphatic carbocycles. The van der Waals surface area contributed by atoms with E-state index in [1.165, 1.54) is 5.56 Å². The van der Waals surface area contributed by atoms with E-state index in [0.717, 1.165) is 37.8 Å². The number of hydrogen-bond donors (Lipinski definition) is 0. The summed E-state index contributed by atoms with van der Waals surface area (Å²) < 4.78 is 44.5. The summed E-state index contributed by atoms with van der Waals surface area (Å²) in [5.74, 6) is 1.94. The van der Waals surface area contributed by atoms with E-state index in [1.807, 2.05) is 6.07 Å². The molecule has 1 fully saturated rings. The maximum atomic E-state index is 13.0. The Kier molecular flexibility index (Phi) is 5.24. The van der Waals surface area contributed by atoms with Crippen molar-refractivity contribution < 1.29 is 22.6 Å². The van der Waals surface area contributed by atoms with Crippen molar-refractivity contribution in [3.05, 3.63) is 35.5 Å². The lowest BCUT2D eigenvalue weighted by atomic mass is 9.99. The first-order valence-corrected chi connectivity index (χ1v) is 11.9. The van der Waals surface area contributed by atoms with Gasteiger partial charge < -0.3 is 14.2 Å². The molecule has 0 N–H and O–H groups in total. The molecule has 0 unspecified atom stereocenters. The highest BCUT2D eigenvalue weighted by atomic mass is 32.2. The molecule has 5 rings (SSSR count). The molecular weight excluding hydrogens is 406 g/mol. The first kappa shape index (κ1) is 19.6. The standard InChI is InChI=1S/C21H25N3O5S/c25-30(26,17-4-5-19-20(13-17)28-11-10-27-19)24-8-6-15(7-9-24)14-29-21-12-16-2-1-3-18(16)22-23-21/h4-5,12-13,15H,1-3,6-11,14H2. The van der Waals surface area contributed by atoms with Gasteiger partial charge in [-0.2, -0.15) is 9.40 Å². The molecule has 160 valence electrons. The van der Waals surface area contributed by atoms with Crippen molar-refractivity contribution in [3.63, 3.8) is 0 Å². The lowest BCUT2D eigenvalue weighted by molar-refractivity contribution is 0.170. The van der Waals surface area contributed by atoms with Crippen molar-refractivity contribution >= 4 is 10.0 Å². The minimum absolute atomic E-state index is 0.245. The van der Waals surface area contributed by atoms with Gasteiger partial charge in [-0.1, -0.05) is 0 Å². The molecule has 9 heteroatoms. The van der Waals surface area contributed by atoms with Crippen LogP contribution in [-0.2, 0) is 22.9 Å². The minimum Gasteiger partial charge on any atom is -0.486 e. The van der Waals surface area contributed by atoms with E-state index in [9.17, 15) is 8.42 Å². The number of ether oxygens (including phenoxy) is 3. The van der Waals surface area contributed by atoms with E-state index in [-0.39, 0.29) is 4.90 Å². The first-order chi connectivity index (χ1) is 14.6. The Labute approximate surface area is 176 Å². The smallest absolute Gasteiger partial charge is 0.243 e. The Bertz CT molecular complexity index is 1030. The van der Waals surface area contributed by atoms with Gasteiger partial charge in [0, 0.05) is 25.2 Å². The number of sulfonamides is 1. The summed E-state index contributed by atoms with van der Waals surface area (Å²) in [6.07, 6.45) is 4.67. The normalized spacial score (nSPS) is 19.5. The van der Waals surface area contributed by atoms with Gasteiger partial charge >= 0.3 is 0 Å². The number of aromatic nitrogens is 2. The third-order valence-corrected chi connectivity index (χ3v) is 7.88. The van der Waals surface area contributed by atoms with Crippen LogP contribution in [0.2, 0.25) is 0 Å². The number of benzene rings is 1. The minimum atomic E-state index is -3.56. The largest absolute Gasteiger partial charge is 0.486 e. The van der Waals surface area contributed by atoms with Gasteiger partial charge in [0.05, 0.1) is 17.2 Å². The van der Waals surface area contributed by atoms with Crippen molar-refractivity contribution in [2.75, 3.05) is 32.9 Å². The molecule has 0 bridgehead atoms. The van der Waals surface area contributed by atoms with Crippen LogP contribution in [0.15, 0.2) is 29.2 Å². The zero-order chi connectivity index (χ0) is 20.6. The second kappa shape index (κ2) is 8.03. The van der Waals surface area contributed by atoms with Crippen LogP contribution in [0.3, 0.4) is 0 Å². The molecular formula is C21H25N3O5S. The van der Waals surface area contributed by atoms with Crippen molar-refractivity contribution in [3.8, 4) is 17.4 Å². The van der Waals surface area contributed by atoms with Gasteiger partial charge in [-0.05, 0) is 55.7 Å². The number of hydrogen-bond acceptors (Lipinski definition) is 7. The molecule has 1 aromatic carbocycles. The Hall–Kier alpha value is -2.39. The van der Waals surface area contributed by atoms with Gasteiger partial charge in [0.2, 0.25) is 15.9 Å². The average Bonchev–Trinajstić information content (AvgIpc) is 3.25. The number of aryl methyl sites for hydroxylation is 2. The van der Waals surface area contributed by atoms with Crippen molar-refractivity contribution in [1.29, 1.82) is 0 Å². The summed E-state index contributed by atoms with van der Waals surface area (Å²) in [4.78, 5) is 0.245. The number of piperidine rings is 1. The summed E-state index contributed by atoms with van der Waals surface area (Å²) >= 11 is 0. The van der Waals surface area contributed by atoms with Gasteiger partial charge in [-0.3, -0.25) is 0 Å². The Morgan fingerprint density at radius 1 is 1.03 bits per heavy atom. The zero-order valence-corrected chi connectivity index (χ0v) is 17.6. The summed E-state index contributed by atoms with van der Waals surface area (Å²) in [5, 5.41) is 8.41. The van der Waals surface area contributed by atoms with E-state index in [0.29, 0.717) is 56.2 Å². The fourth-order valence-electron chi connectivity index (χ4n) is 4.23. The molecule has 1 saturated heterocycles. The molecule has 0 atom stereocenters. The molecule has 30 heavy (non-hydrogen) atoms. The van der Waals surface area contributed by atoms with Crippen molar-refractivity contribution in [2.24, 2.45) is 5.92 Å². The fourth-order valence-corrected chi connectivity index (χ4v) is 5.72. The maximum absolute atomic E-state index is 13.0. The van der Waals surface area contributed by atoms with E-state index in [4.69, 9.17) is 14.2 Å². The van der Waals surface area contributed by atoms with Crippen LogP contribution in [0.5, 0.6) is 17.4 Å². The molecule has 0 saturated carbocycles. The van der Waals surface area contributed by atoms with Gasteiger partial charge in [-0.25, -0.2) is 8.42 Å². The summed E-state index contributed by atoms with van der Waals surface area (Å²) in [7, 11) is -3.56. The molecule has 0 spiro atoms. The molecule has 3 heterocycles. The van der Waals surface area contributed by atoms with Crippen molar-refractivity contribution in [1.82, 2.24) is 14.5 Å². The maximum Gasteiger partial charge on any atom is 0.243 e. The van der Waals surface area contributed by atoms with Crippen LogP contribution in [0, 0.1) is 5.92 Å². The highest BCUT2D eigenvalue weighted by Gasteiger charge is 2.31. The topological polar surface area (TPSA) is 90.9 Å². The van der Waals surface area contributed by atoms with Gasteiger partial charge in [0.1, 0.15) is 13.2 Å². The Balaban J connectivity index is 1.18. The first-order valence-electron chi connectivity index (χ1n) is 10.5. The summed E-state index contributed by atoms with van der Waals surface area (Å²) in [6.45, 7) is 2.38. The van der Waals surface area contributed by atoms with Gasteiger partial charge in [-0.15, -0.1) is 5.10 Å². The van der Waals surface area contributed by atoms with Crippen LogP contribution in [0.1, 0.15) is 30.5 Å². The predicted molar refractivity (Wildman–Crippen MR) is 108 cm³/mol. The Morgan fingerprint density at radius 3 is 2.67 bits per heavy atom. The summed E-state index contributed by atoms with van der Waals surface area (Å²) in [5.41, 5.74) is 2.32. The van der Waals surface area contributed by atoms with E-state index < -0.39 is 10.0 Å². The van der Waals surface area contributed by atoms with Crippen LogP contribution in [-0.4, -0.2) is 55.8 Å². The van der Waals surface area contributed by atoms with Crippen LogP contribution in [0.4, 0.5) is 0 Å². The third-order valence-electron chi connectivity index (χ3n) is 5.99. The summed E-state index contributed by atoms with van der Waals surface area (Å²) in [6, 6.07) is 6.81. The highest BCUT2D eigenvalue weighted by molar-refractivity contribution is 7.89. The lowest BCUT2D eigenvalue weighted by Gasteiger charge is -2.31. The fraction of sp³-hybridized carbons (Fsp3) is 0.524. The number of fused-ring (bicyclic) bond motifs is 2. The number of rotatable bonds is 5. The molecule has 1 aromatic heterocycles. The van der Waals surface area contributed by atoms with Crippen molar-refractivity contribution in [2.45, 2.75) is 37.0 Å². The SMILES string of the molecule is O=S(=O)(c1ccc2c(c1)OCCO2)N1CCC(COc2cc3c(nn2)CCC3)CC1. The van der Waals surface area contributed by atoms with Crippen LogP contribution >= 0.6 is 0 Å². The average molecular weight is 432 g/mol. The van der Waals surface area contributed by atoms with Gasteiger partial charge in [0.15, 0.2) is 11.5 Å². The quantitative estimate of drug-likeness (QED) is 0.717. The molecule has 0 radical (unpaired) electrons. The predicted octanol–water partition coefficient (Wildman–Crippen LogP) is 2.22. The molecule has 2 aliphatic heterocycles. The van der Waals surface area contributed by atoms with E-state index in [1.54, 1.807) is 22.5 Å². The van der Waals surface area contributed by atoms with E-state index >= 15 is 0 Å². The third kappa shape index (κ3) is 3.83. The van der Waals surface area contributed by atoms with E-state index in [2.05, 4.69) is 10.2 Å². The second-order valence-electron chi connectivity index (χ2n) is 7.97. The monoisotopic (exact) mass is 431 g/mol. The molecule has 8 nitrogen and oxygen atoms in total. The molecule has 3 aliphatic rings. The lowest BCUT2D eigenvalue weighted by Crippen LogP contribution is -2.39. The number of nitrogens with zero attached hydrogens (tertiary/aromatic N) is 3.